The summed E-state index contributed by atoms with van der Waals surface area (Å²) < 4.78 is 142. The van der Waals surface area contributed by atoms with E-state index in [1.165, 1.54) is 6.07 Å². The minimum atomic E-state index is -5.84. The highest BCUT2D eigenvalue weighted by atomic mass is 32.2. The maximum Gasteiger partial charge on any atom is 0.298 e. The molecule has 20 heteroatoms. The quantitative estimate of drug-likeness (QED) is 0.140. The van der Waals surface area contributed by atoms with Gasteiger partial charge in [0.05, 0.1) is 28.1 Å². The van der Waals surface area contributed by atoms with Crippen molar-refractivity contribution in [3.05, 3.63) is 78.1 Å². The lowest BCUT2D eigenvalue weighted by atomic mass is 9.97. The van der Waals surface area contributed by atoms with E-state index in [0.29, 0.717) is 28.4 Å². The Morgan fingerprint density at radius 1 is 0.583 bits per heavy atom. The highest BCUT2D eigenvalue weighted by molar-refractivity contribution is 7.95. The number of hydrogen-bond donors (Lipinski definition) is 6. The van der Waals surface area contributed by atoms with Gasteiger partial charge in [-0.1, -0.05) is 36.4 Å². The number of rotatable bonds is 4. The van der Waals surface area contributed by atoms with Gasteiger partial charge in [0.25, 0.3) is 40.5 Å². The average molecular weight is 731 g/mol. The van der Waals surface area contributed by atoms with Crippen molar-refractivity contribution in [3.8, 4) is 22.5 Å². The van der Waals surface area contributed by atoms with Gasteiger partial charge in [0.1, 0.15) is 25.3 Å². The Kier molecular flexibility index (Phi) is 6.85. The van der Waals surface area contributed by atoms with Crippen LogP contribution in [-0.2, 0) is 40.5 Å². The maximum atomic E-state index is 12.9. The summed E-state index contributed by atoms with van der Waals surface area (Å²) in [6, 6.07) is 17.6. The largest absolute Gasteiger partial charge is 0.355 e. The van der Waals surface area contributed by atoms with Crippen LogP contribution in [0.3, 0.4) is 0 Å². The highest BCUT2D eigenvalue weighted by Crippen LogP contribution is 2.43. The van der Waals surface area contributed by atoms with Crippen molar-refractivity contribution >= 4 is 84.3 Å². The molecule has 0 saturated carbocycles. The monoisotopic (exact) mass is 730 g/mol. The molecule has 0 saturated heterocycles. The number of H-pyrrole nitrogens is 2. The van der Waals surface area contributed by atoms with Gasteiger partial charge in [-0.2, -0.15) is 33.7 Å². The van der Waals surface area contributed by atoms with Gasteiger partial charge in [-0.25, -0.2) is 9.97 Å². The fourth-order valence-electron chi connectivity index (χ4n) is 5.73. The number of nitrogens with zero attached hydrogens (tertiary/aromatic N) is 2. The van der Waals surface area contributed by atoms with Crippen LogP contribution >= 0.6 is 0 Å². The number of hydrogen-bond acceptors (Lipinski definition) is 10. The molecule has 0 atom stereocenters. The average Bonchev–Trinajstić information content (AvgIpc) is 3.73. The molecule has 0 radical (unpaired) electrons. The van der Waals surface area contributed by atoms with Crippen LogP contribution in [0.15, 0.2) is 81.4 Å². The molecule has 8 bridgehead atoms. The van der Waals surface area contributed by atoms with E-state index in [4.69, 9.17) is 0 Å². The van der Waals surface area contributed by atoms with Crippen LogP contribution < -0.4 is 0 Å². The van der Waals surface area contributed by atoms with Crippen molar-refractivity contribution in [2.75, 3.05) is 0 Å². The number of aromatic amines is 2. The van der Waals surface area contributed by atoms with E-state index in [1.54, 1.807) is 36.4 Å². The third-order valence-electron chi connectivity index (χ3n) is 7.49. The first-order chi connectivity index (χ1) is 22.3. The number of fused-ring (bicyclic) bond motifs is 13. The first-order valence-electron chi connectivity index (χ1n) is 13.2. The molecule has 0 unspecified atom stereocenters. The van der Waals surface area contributed by atoms with Crippen LogP contribution in [0.1, 0.15) is 11.4 Å². The van der Waals surface area contributed by atoms with Crippen molar-refractivity contribution in [2.24, 2.45) is 0 Å². The molecular weight excluding hydrogens is 713 g/mol. The van der Waals surface area contributed by atoms with Crippen LogP contribution in [0.4, 0.5) is 0 Å². The molecular formula is C28H18N4O12S4. The van der Waals surface area contributed by atoms with E-state index >= 15 is 0 Å². The zero-order valence-corrected chi connectivity index (χ0v) is 26.8. The summed E-state index contributed by atoms with van der Waals surface area (Å²) in [5.74, 6) is 0. The number of nitrogens with one attached hydrogen (secondary N) is 2. The number of benzene rings is 2. The van der Waals surface area contributed by atoms with Crippen LogP contribution in [0.25, 0.3) is 66.3 Å². The number of aromatic nitrogens is 4. The molecule has 3 aromatic heterocycles. The van der Waals surface area contributed by atoms with Gasteiger partial charge in [-0.3, -0.25) is 18.2 Å². The lowest BCUT2D eigenvalue weighted by Crippen LogP contribution is -2.10. The molecule has 16 nitrogen and oxygen atoms in total. The Balaban J connectivity index is 1.82. The normalized spacial score (nSPS) is 13.8. The third kappa shape index (κ3) is 5.29. The minimum absolute atomic E-state index is 0.0206. The predicted molar refractivity (Wildman–Crippen MR) is 172 cm³/mol. The fourth-order valence-corrected chi connectivity index (χ4v) is 9.45. The van der Waals surface area contributed by atoms with E-state index in [0.717, 1.165) is 16.8 Å². The summed E-state index contributed by atoms with van der Waals surface area (Å²) >= 11 is 0. The lowest BCUT2D eigenvalue weighted by molar-refractivity contribution is 0.468. The first kappa shape index (κ1) is 31.8. The van der Waals surface area contributed by atoms with Crippen molar-refractivity contribution in [3.63, 3.8) is 0 Å². The maximum absolute atomic E-state index is 12.9. The second-order valence-corrected chi connectivity index (χ2v) is 16.1. The molecule has 2 aromatic carbocycles. The summed E-state index contributed by atoms with van der Waals surface area (Å²) in [6.07, 6.45) is 0.704. The van der Waals surface area contributed by atoms with Gasteiger partial charge in [0.15, 0.2) is 0 Å². The third-order valence-corrected chi connectivity index (χ3v) is 11.3. The Morgan fingerprint density at radius 2 is 1.23 bits per heavy atom. The zero-order valence-electron chi connectivity index (χ0n) is 23.5. The Hall–Kier alpha value is -4.80. The Bertz CT molecular complexity index is 2950. The van der Waals surface area contributed by atoms with Crippen LogP contribution in [0, 0.1) is 0 Å². The van der Waals surface area contributed by atoms with Gasteiger partial charge in [0, 0.05) is 22.2 Å². The molecule has 2 aliphatic rings. The van der Waals surface area contributed by atoms with Gasteiger partial charge < -0.3 is 9.97 Å². The van der Waals surface area contributed by atoms with E-state index < -0.39 is 76.8 Å². The van der Waals surface area contributed by atoms with Gasteiger partial charge in [0.2, 0.25) is 0 Å². The summed E-state index contributed by atoms with van der Waals surface area (Å²) in [7, 11) is -22.7. The zero-order chi connectivity index (χ0) is 34.6. The first-order valence-corrected chi connectivity index (χ1v) is 19.0. The van der Waals surface area contributed by atoms with Crippen LogP contribution in [0.5, 0.6) is 0 Å². The topological polar surface area (TPSA) is 275 Å². The molecule has 246 valence electrons. The van der Waals surface area contributed by atoms with Crippen molar-refractivity contribution in [2.45, 2.75) is 14.7 Å². The molecule has 0 fully saturated rings. The molecule has 0 amide bonds. The minimum Gasteiger partial charge on any atom is -0.355 e. The SMILES string of the molecule is O=S(=O)(O)C1=Cc2cc3ccc(cc4nc(cc5[nH]c(c(S(=O)(=O)O)c1n2)c(S(=O)(=O)O)c5S(=O)(=O)O)-c1ccc2ccccc2c1-4)[nH]3. The Labute approximate surface area is 270 Å². The molecule has 48 heavy (non-hydrogen) atoms. The second-order valence-electron chi connectivity index (χ2n) is 10.6. The fraction of sp³-hybridized carbons (Fsp3) is 0. The van der Waals surface area contributed by atoms with Gasteiger partial charge in [-0.05, 0) is 47.2 Å². The van der Waals surface area contributed by atoms with E-state index in [2.05, 4.69) is 19.9 Å². The van der Waals surface area contributed by atoms with Crippen LogP contribution in [0.2, 0.25) is 0 Å². The lowest BCUT2D eigenvalue weighted by Gasteiger charge is -2.05. The Morgan fingerprint density at radius 3 is 1.88 bits per heavy atom. The second kappa shape index (κ2) is 10.3. The molecule has 0 spiro atoms. The summed E-state index contributed by atoms with van der Waals surface area (Å²) in [5, 5.41) is 1.53. The molecule has 7 rings (SSSR count). The van der Waals surface area contributed by atoms with Crippen molar-refractivity contribution < 1.29 is 51.9 Å². The molecule has 0 aliphatic carbocycles. The molecule has 5 aromatic rings. The standard InChI is InChI=1S/C28H18N4O12S4/c33-45(34,35)22-11-16-9-14-6-7-15(29-14)10-20-23-17-4-2-1-3-13(17)5-8-18(23)19(31-20)12-21-26(46(36,37)38)28(48(42,43)44)25(32-21)27(24(22)30-16)47(39,40)41/h1-12,29,32H,(H,33,34,35)(H,36,37,38)(H,39,40,41)(H,42,43,44). The predicted octanol–water partition coefficient (Wildman–Crippen LogP) is 3.93. The van der Waals surface area contributed by atoms with E-state index in [9.17, 15) is 51.9 Å². The van der Waals surface area contributed by atoms with E-state index in [1.807, 2.05) is 18.2 Å². The summed E-state index contributed by atoms with van der Waals surface area (Å²) in [6.45, 7) is 0. The summed E-state index contributed by atoms with van der Waals surface area (Å²) in [5.41, 5.74) is -1.79. The molecule has 6 N–H and O–H groups in total. The smallest absolute Gasteiger partial charge is 0.298 e. The van der Waals surface area contributed by atoms with Gasteiger partial charge in [-0.15, -0.1) is 0 Å². The highest BCUT2D eigenvalue weighted by Gasteiger charge is 2.37. The van der Waals surface area contributed by atoms with Crippen LogP contribution in [-0.4, -0.2) is 71.8 Å². The molecule has 2 aliphatic heterocycles. The summed E-state index contributed by atoms with van der Waals surface area (Å²) in [4.78, 5) is 7.51. The van der Waals surface area contributed by atoms with Crippen molar-refractivity contribution in [1.29, 1.82) is 0 Å². The van der Waals surface area contributed by atoms with E-state index in [-0.39, 0.29) is 16.9 Å². The van der Waals surface area contributed by atoms with Gasteiger partial charge >= 0.3 is 0 Å². The van der Waals surface area contributed by atoms with Crippen molar-refractivity contribution in [1.82, 2.24) is 19.9 Å². The molecule has 5 heterocycles.